The highest BCUT2D eigenvalue weighted by Crippen LogP contribution is 2.22. The highest BCUT2D eigenvalue weighted by Gasteiger charge is 2.11. The van der Waals surface area contributed by atoms with E-state index >= 15 is 0 Å². The zero-order chi connectivity index (χ0) is 12.4. The number of hydrogen-bond donors (Lipinski definition) is 1. The van der Waals surface area contributed by atoms with Crippen molar-refractivity contribution in [1.82, 2.24) is 9.78 Å². The lowest BCUT2D eigenvalue weighted by Crippen LogP contribution is -1.97. The number of rotatable bonds is 4. The summed E-state index contributed by atoms with van der Waals surface area (Å²) in [5, 5.41) is 4.29. The van der Waals surface area contributed by atoms with Crippen molar-refractivity contribution < 1.29 is 9.15 Å². The minimum Gasteiger partial charge on any atom is -0.482 e. The Morgan fingerprint density at radius 2 is 2.06 bits per heavy atom. The minimum absolute atomic E-state index is 0.396. The Kier molecular flexibility index (Phi) is 3.19. The molecule has 0 spiro atoms. The molecule has 2 aromatic heterocycles. The Morgan fingerprint density at radius 3 is 2.59 bits per heavy atom. The van der Waals surface area contributed by atoms with Crippen molar-refractivity contribution in [2.75, 3.05) is 0 Å². The van der Waals surface area contributed by atoms with E-state index in [1.54, 1.807) is 4.68 Å². The van der Waals surface area contributed by atoms with Gasteiger partial charge in [-0.1, -0.05) is 0 Å². The molecule has 2 N–H and O–H groups in total. The van der Waals surface area contributed by atoms with E-state index in [2.05, 4.69) is 5.10 Å². The van der Waals surface area contributed by atoms with E-state index in [0.717, 1.165) is 28.7 Å². The average molecular weight is 235 g/mol. The van der Waals surface area contributed by atoms with Crippen LogP contribution in [0.4, 0.5) is 0 Å². The fourth-order valence-electron chi connectivity index (χ4n) is 1.72. The van der Waals surface area contributed by atoms with Crippen molar-refractivity contribution in [3.63, 3.8) is 0 Å². The predicted molar refractivity (Wildman–Crippen MR) is 63.6 cm³/mol. The van der Waals surface area contributed by atoms with Crippen molar-refractivity contribution in [1.29, 1.82) is 0 Å². The monoisotopic (exact) mass is 235 g/mol. The van der Waals surface area contributed by atoms with Gasteiger partial charge < -0.3 is 14.9 Å². The first-order valence-corrected chi connectivity index (χ1v) is 5.52. The highest BCUT2D eigenvalue weighted by atomic mass is 16.5. The van der Waals surface area contributed by atoms with Crippen LogP contribution in [0, 0.1) is 13.8 Å². The molecule has 0 aliphatic rings. The molecule has 0 radical (unpaired) electrons. The van der Waals surface area contributed by atoms with Gasteiger partial charge in [0.2, 0.25) is 0 Å². The van der Waals surface area contributed by atoms with Gasteiger partial charge in [0.15, 0.2) is 5.75 Å². The third-order valence-electron chi connectivity index (χ3n) is 2.72. The van der Waals surface area contributed by atoms with Gasteiger partial charge in [-0.2, -0.15) is 5.10 Å². The molecule has 0 amide bonds. The predicted octanol–water partition coefficient (Wildman–Crippen LogP) is 1.67. The van der Waals surface area contributed by atoms with Crippen molar-refractivity contribution in [2.24, 2.45) is 12.8 Å². The van der Waals surface area contributed by atoms with Crippen LogP contribution < -0.4 is 10.5 Å². The zero-order valence-electron chi connectivity index (χ0n) is 10.4. The first-order chi connectivity index (χ1) is 8.11. The molecular weight excluding hydrogens is 218 g/mol. The average Bonchev–Trinajstić information content (AvgIpc) is 2.84. The zero-order valence-corrected chi connectivity index (χ0v) is 10.4. The summed E-state index contributed by atoms with van der Waals surface area (Å²) in [6.07, 6.45) is 0. The van der Waals surface area contributed by atoms with Gasteiger partial charge in [-0.05, 0) is 26.0 Å². The van der Waals surface area contributed by atoms with Crippen LogP contribution in [-0.2, 0) is 20.2 Å². The van der Waals surface area contributed by atoms with Crippen LogP contribution in [0.2, 0.25) is 0 Å². The molecule has 0 saturated heterocycles. The maximum Gasteiger partial charge on any atom is 0.163 e. The summed E-state index contributed by atoms with van der Waals surface area (Å²) in [4.78, 5) is 0. The third kappa shape index (κ3) is 2.34. The second-order valence-electron chi connectivity index (χ2n) is 3.98. The maximum absolute atomic E-state index is 5.71. The van der Waals surface area contributed by atoms with Crippen LogP contribution in [0.3, 0.4) is 0 Å². The Labute approximate surface area is 100 Å². The van der Waals surface area contributed by atoms with E-state index in [1.165, 1.54) is 0 Å². The molecule has 0 fully saturated rings. The largest absolute Gasteiger partial charge is 0.482 e. The van der Waals surface area contributed by atoms with Crippen LogP contribution in [0.25, 0.3) is 0 Å². The van der Waals surface area contributed by atoms with Crippen molar-refractivity contribution in [2.45, 2.75) is 27.0 Å². The fourth-order valence-corrected chi connectivity index (χ4v) is 1.72. The summed E-state index contributed by atoms with van der Waals surface area (Å²) in [6.45, 7) is 4.71. The first kappa shape index (κ1) is 11.7. The van der Waals surface area contributed by atoms with Crippen LogP contribution in [0.5, 0.6) is 5.75 Å². The minimum atomic E-state index is 0.396. The summed E-state index contributed by atoms with van der Waals surface area (Å²) in [6, 6.07) is 3.74. The number of nitrogens with zero attached hydrogens (tertiary/aromatic N) is 2. The molecule has 0 bridgehead atoms. The van der Waals surface area contributed by atoms with Crippen molar-refractivity contribution >= 4 is 0 Å². The van der Waals surface area contributed by atoms with Crippen LogP contribution in [0.15, 0.2) is 16.5 Å². The van der Waals surface area contributed by atoms with E-state index in [0.29, 0.717) is 13.2 Å². The SMILES string of the molecule is Cc1nn(C)c(C)c1OCc1ccc(CN)o1. The molecule has 5 heteroatoms. The molecule has 2 aromatic rings. The number of furan rings is 1. The molecule has 5 nitrogen and oxygen atoms in total. The first-order valence-electron chi connectivity index (χ1n) is 5.52. The van der Waals surface area contributed by atoms with Crippen molar-refractivity contribution in [3.8, 4) is 5.75 Å². The number of hydrogen-bond acceptors (Lipinski definition) is 4. The lowest BCUT2D eigenvalue weighted by molar-refractivity contribution is 0.263. The van der Waals surface area contributed by atoms with E-state index in [-0.39, 0.29) is 0 Å². The van der Waals surface area contributed by atoms with E-state index in [4.69, 9.17) is 14.9 Å². The molecule has 0 aromatic carbocycles. The normalized spacial score (nSPS) is 10.8. The van der Waals surface area contributed by atoms with Gasteiger partial charge >= 0.3 is 0 Å². The highest BCUT2D eigenvalue weighted by molar-refractivity contribution is 5.31. The Hall–Kier alpha value is -1.75. The second kappa shape index (κ2) is 4.63. The van der Waals surface area contributed by atoms with Crippen molar-refractivity contribution in [3.05, 3.63) is 35.0 Å². The van der Waals surface area contributed by atoms with Gasteiger partial charge in [0.1, 0.15) is 23.8 Å². The molecular formula is C12H17N3O2. The Bertz CT molecular complexity index is 514. The molecule has 92 valence electrons. The summed E-state index contributed by atoms with van der Waals surface area (Å²) >= 11 is 0. The summed E-state index contributed by atoms with van der Waals surface area (Å²) in [5.74, 6) is 2.36. The van der Waals surface area contributed by atoms with Gasteiger partial charge in [0, 0.05) is 7.05 Å². The Balaban J connectivity index is 2.07. The summed E-state index contributed by atoms with van der Waals surface area (Å²) in [5.41, 5.74) is 7.37. The number of ether oxygens (including phenoxy) is 1. The molecule has 2 rings (SSSR count). The van der Waals surface area contributed by atoms with E-state index < -0.39 is 0 Å². The van der Waals surface area contributed by atoms with E-state index in [9.17, 15) is 0 Å². The molecule has 0 saturated carbocycles. The van der Waals surface area contributed by atoms with Crippen LogP contribution >= 0.6 is 0 Å². The maximum atomic E-state index is 5.71. The summed E-state index contributed by atoms with van der Waals surface area (Å²) in [7, 11) is 1.90. The van der Waals surface area contributed by atoms with Gasteiger partial charge in [-0.15, -0.1) is 0 Å². The van der Waals surface area contributed by atoms with Gasteiger partial charge in [-0.25, -0.2) is 0 Å². The van der Waals surface area contributed by atoms with Crippen LogP contribution in [-0.4, -0.2) is 9.78 Å². The standard InChI is InChI=1S/C12H17N3O2/c1-8-12(9(2)15(3)14-8)16-7-11-5-4-10(6-13)17-11/h4-5H,6-7,13H2,1-3H3. The fraction of sp³-hybridized carbons (Fsp3) is 0.417. The topological polar surface area (TPSA) is 66.2 Å². The molecule has 17 heavy (non-hydrogen) atoms. The molecule has 0 aliphatic heterocycles. The number of aromatic nitrogens is 2. The Morgan fingerprint density at radius 1 is 1.35 bits per heavy atom. The van der Waals surface area contributed by atoms with Gasteiger partial charge in [-0.3, -0.25) is 4.68 Å². The molecule has 2 heterocycles. The second-order valence-corrected chi connectivity index (χ2v) is 3.98. The lowest BCUT2D eigenvalue weighted by atomic mass is 10.3. The van der Waals surface area contributed by atoms with E-state index in [1.807, 2.05) is 33.0 Å². The summed E-state index contributed by atoms with van der Waals surface area (Å²) < 4.78 is 13.0. The van der Waals surface area contributed by atoms with Gasteiger partial charge in [0.05, 0.1) is 12.2 Å². The molecule has 0 unspecified atom stereocenters. The lowest BCUT2D eigenvalue weighted by Gasteiger charge is -2.04. The number of nitrogens with two attached hydrogens (primary N) is 1. The van der Waals surface area contributed by atoms with Crippen LogP contribution in [0.1, 0.15) is 22.9 Å². The number of aryl methyl sites for hydroxylation is 2. The van der Waals surface area contributed by atoms with Gasteiger partial charge in [0.25, 0.3) is 0 Å². The third-order valence-corrected chi connectivity index (χ3v) is 2.72. The molecule has 0 atom stereocenters. The smallest absolute Gasteiger partial charge is 0.163 e. The quantitative estimate of drug-likeness (QED) is 0.875. The molecule has 0 aliphatic carbocycles.